The summed E-state index contributed by atoms with van der Waals surface area (Å²) < 4.78 is 11.0. The maximum atomic E-state index is 12.5. The number of rotatable bonds is 9. The van der Waals surface area contributed by atoms with Crippen LogP contribution in [-0.4, -0.2) is 41.3 Å². The fraction of sp³-hybridized carbons (Fsp3) is 0.348. The molecule has 0 spiro atoms. The van der Waals surface area contributed by atoms with E-state index in [1.54, 1.807) is 45.0 Å². The van der Waals surface area contributed by atoms with E-state index >= 15 is 0 Å². The molecular weight excluding hydrogens is 414 g/mol. The van der Waals surface area contributed by atoms with Crippen molar-refractivity contribution in [1.29, 1.82) is 0 Å². The van der Waals surface area contributed by atoms with Crippen LogP contribution in [0.25, 0.3) is 0 Å². The molecule has 2 aromatic carbocycles. The number of nitrogens with one attached hydrogen (secondary N) is 3. The Bertz CT molecular complexity index is 894. The number of benzene rings is 2. The zero-order chi connectivity index (χ0) is 23.6. The minimum atomic E-state index is -0.993. The molecule has 0 unspecified atom stereocenters. The van der Waals surface area contributed by atoms with E-state index < -0.39 is 36.1 Å². The van der Waals surface area contributed by atoms with Gasteiger partial charge in [0.15, 0.2) is 0 Å². The van der Waals surface area contributed by atoms with Crippen molar-refractivity contribution in [3.63, 3.8) is 0 Å². The van der Waals surface area contributed by atoms with Gasteiger partial charge in [-0.2, -0.15) is 0 Å². The number of hydrogen-bond donors (Lipinski definition) is 4. The first kappa shape index (κ1) is 24.7. The van der Waals surface area contributed by atoms with Gasteiger partial charge in [0.05, 0.1) is 6.54 Å². The van der Waals surface area contributed by atoms with E-state index in [4.69, 9.17) is 14.7 Å². The number of hydrogen-bond acceptors (Lipinski definition) is 6. The summed E-state index contributed by atoms with van der Waals surface area (Å²) in [5.41, 5.74) is 2.50. The van der Waals surface area contributed by atoms with E-state index in [-0.39, 0.29) is 6.42 Å². The van der Waals surface area contributed by atoms with E-state index in [0.29, 0.717) is 12.4 Å². The molecule has 0 heterocycles. The lowest BCUT2D eigenvalue weighted by molar-refractivity contribution is -0.131. The second kappa shape index (κ2) is 11.7. The minimum absolute atomic E-state index is 0.158. The van der Waals surface area contributed by atoms with Gasteiger partial charge in [0.2, 0.25) is 5.91 Å². The lowest BCUT2D eigenvalue weighted by Crippen LogP contribution is -2.50. The summed E-state index contributed by atoms with van der Waals surface area (Å²) in [5.74, 6) is -0.712. The molecule has 2 rings (SSSR count). The molecule has 9 heteroatoms. The van der Waals surface area contributed by atoms with Gasteiger partial charge >= 0.3 is 6.09 Å². The Morgan fingerprint density at radius 1 is 0.969 bits per heavy atom. The molecule has 0 radical (unpaired) electrons. The third-order valence-corrected chi connectivity index (χ3v) is 4.17. The van der Waals surface area contributed by atoms with Gasteiger partial charge < -0.3 is 20.1 Å². The Morgan fingerprint density at radius 2 is 1.62 bits per heavy atom. The van der Waals surface area contributed by atoms with Crippen molar-refractivity contribution in [3.8, 4) is 5.75 Å². The van der Waals surface area contributed by atoms with E-state index in [9.17, 15) is 14.4 Å². The van der Waals surface area contributed by atoms with Crippen molar-refractivity contribution in [2.24, 2.45) is 0 Å². The van der Waals surface area contributed by atoms with Crippen LogP contribution in [0.15, 0.2) is 54.6 Å². The maximum Gasteiger partial charge on any atom is 0.408 e. The number of carbonyl (C=O) groups excluding carboxylic acids is 3. The highest BCUT2D eigenvalue weighted by Crippen LogP contribution is 2.16. The average molecular weight is 444 g/mol. The van der Waals surface area contributed by atoms with Crippen molar-refractivity contribution in [1.82, 2.24) is 16.1 Å². The predicted octanol–water partition coefficient (Wildman–Crippen LogP) is 2.32. The summed E-state index contributed by atoms with van der Waals surface area (Å²) in [6.07, 6.45) is -0.600. The number of amides is 3. The fourth-order valence-corrected chi connectivity index (χ4v) is 2.69. The molecule has 3 amide bonds. The first-order valence-electron chi connectivity index (χ1n) is 10.1. The van der Waals surface area contributed by atoms with Gasteiger partial charge in [-0.3, -0.25) is 14.8 Å². The molecule has 0 aliphatic carbocycles. The summed E-state index contributed by atoms with van der Waals surface area (Å²) in [5, 5.41) is 13.5. The smallest absolute Gasteiger partial charge is 0.408 e. The van der Waals surface area contributed by atoms with Crippen LogP contribution in [0.1, 0.15) is 31.9 Å². The quantitative estimate of drug-likeness (QED) is 0.348. The van der Waals surface area contributed by atoms with Gasteiger partial charge in [0, 0.05) is 6.42 Å². The Kier molecular flexibility index (Phi) is 9.03. The third kappa shape index (κ3) is 9.05. The zero-order valence-corrected chi connectivity index (χ0v) is 18.4. The fourth-order valence-electron chi connectivity index (χ4n) is 2.69. The summed E-state index contributed by atoms with van der Waals surface area (Å²) in [7, 11) is 0. The monoisotopic (exact) mass is 443 g/mol. The van der Waals surface area contributed by atoms with Crippen LogP contribution < -0.4 is 20.9 Å². The largest absolute Gasteiger partial charge is 0.489 e. The van der Waals surface area contributed by atoms with E-state index in [1.165, 1.54) is 5.48 Å². The number of hydroxylamine groups is 1. The number of carbonyl (C=O) groups is 3. The van der Waals surface area contributed by atoms with Crippen molar-refractivity contribution >= 4 is 17.9 Å². The van der Waals surface area contributed by atoms with E-state index in [2.05, 4.69) is 10.6 Å². The third-order valence-electron chi connectivity index (χ3n) is 4.17. The Labute approximate surface area is 187 Å². The summed E-state index contributed by atoms with van der Waals surface area (Å²) in [6, 6.07) is 15.9. The van der Waals surface area contributed by atoms with Gasteiger partial charge in [-0.1, -0.05) is 42.5 Å². The Balaban J connectivity index is 2.02. The molecule has 0 saturated heterocycles. The molecule has 0 bridgehead atoms. The molecule has 0 aromatic heterocycles. The summed E-state index contributed by atoms with van der Waals surface area (Å²) in [6.45, 7) is 5.12. The van der Waals surface area contributed by atoms with Gasteiger partial charge in [0.1, 0.15) is 24.0 Å². The summed E-state index contributed by atoms with van der Waals surface area (Å²) >= 11 is 0. The second-order valence-electron chi connectivity index (χ2n) is 8.07. The van der Waals surface area contributed by atoms with Crippen LogP contribution in [0.4, 0.5) is 4.79 Å². The molecule has 2 aromatic rings. The van der Waals surface area contributed by atoms with E-state index in [0.717, 1.165) is 11.1 Å². The molecule has 0 aliphatic rings. The lowest BCUT2D eigenvalue weighted by atomic mass is 10.1. The van der Waals surface area contributed by atoms with Crippen LogP contribution in [0.3, 0.4) is 0 Å². The van der Waals surface area contributed by atoms with Crippen LogP contribution in [0.2, 0.25) is 0 Å². The molecule has 0 fully saturated rings. The highest BCUT2D eigenvalue weighted by Gasteiger charge is 2.25. The molecular formula is C23H29N3O6. The van der Waals surface area contributed by atoms with Crippen molar-refractivity contribution in [2.75, 3.05) is 6.54 Å². The average Bonchev–Trinajstić information content (AvgIpc) is 2.75. The lowest BCUT2D eigenvalue weighted by Gasteiger charge is -2.23. The molecule has 32 heavy (non-hydrogen) atoms. The molecule has 4 N–H and O–H groups in total. The molecule has 9 nitrogen and oxygen atoms in total. The van der Waals surface area contributed by atoms with Crippen molar-refractivity contribution < 1.29 is 29.1 Å². The van der Waals surface area contributed by atoms with Crippen LogP contribution in [0.5, 0.6) is 5.75 Å². The van der Waals surface area contributed by atoms with Crippen LogP contribution >= 0.6 is 0 Å². The zero-order valence-electron chi connectivity index (χ0n) is 18.4. The number of alkyl carbamates (subject to hydrolysis) is 1. The highest BCUT2D eigenvalue weighted by molar-refractivity contribution is 5.89. The van der Waals surface area contributed by atoms with Crippen LogP contribution in [-0.2, 0) is 27.4 Å². The SMILES string of the molecule is CC(C)(C)OC(=O)N[C@@H](Cc1ccc(OCc2ccccc2)cc1)C(=O)NCC(=O)NO. The standard InChI is InChI=1S/C23H29N3O6/c1-23(2,3)32-22(29)25-19(21(28)24-14-20(27)26-30)13-16-9-11-18(12-10-16)31-15-17-7-5-4-6-8-17/h4-12,19,30H,13-15H2,1-3H3,(H,24,28)(H,25,29)(H,26,27)/t19-/m0/s1. The molecule has 0 aliphatic heterocycles. The van der Waals surface area contributed by atoms with Crippen molar-refractivity contribution in [2.45, 2.75) is 45.4 Å². The highest BCUT2D eigenvalue weighted by atomic mass is 16.6. The van der Waals surface area contributed by atoms with Gasteiger partial charge in [0.25, 0.3) is 5.91 Å². The van der Waals surface area contributed by atoms with Crippen LogP contribution in [0, 0.1) is 0 Å². The Morgan fingerprint density at radius 3 is 2.22 bits per heavy atom. The van der Waals surface area contributed by atoms with Gasteiger partial charge in [-0.15, -0.1) is 0 Å². The van der Waals surface area contributed by atoms with Crippen molar-refractivity contribution in [3.05, 3.63) is 65.7 Å². The first-order valence-corrected chi connectivity index (χ1v) is 10.1. The molecule has 0 saturated carbocycles. The summed E-state index contributed by atoms with van der Waals surface area (Å²) in [4.78, 5) is 35.9. The predicted molar refractivity (Wildman–Crippen MR) is 117 cm³/mol. The first-order chi connectivity index (χ1) is 15.2. The van der Waals surface area contributed by atoms with Gasteiger partial charge in [-0.05, 0) is 44.0 Å². The topological polar surface area (TPSA) is 126 Å². The normalized spacial score (nSPS) is 11.8. The Hall–Kier alpha value is -3.59. The van der Waals surface area contributed by atoms with Gasteiger partial charge in [-0.25, -0.2) is 10.3 Å². The molecule has 1 atom stereocenters. The molecule has 172 valence electrons. The maximum absolute atomic E-state index is 12.5. The minimum Gasteiger partial charge on any atom is -0.489 e. The number of ether oxygens (including phenoxy) is 2. The van der Waals surface area contributed by atoms with E-state index in [1.807, 2.05) is 30.3 Å². The second-order valence-corrected chi connectivity index (χ2v) is 8.07.